The number of para-hydroxylation sites is 2. The first kappa shape index (κ1) is 19.7. The van der Waals surface area contributed by atoms with Crippen molar-refractivity contribution in [3.63, 3.8) is 0 Å². The van der Waals surface area contributed by atoms with E-state index >= 15 is 0 Å². The molecule has 2 aromatic heterocycles. The molecule has 0 saturated carbocycles. The zero-order valence-electron chi connectivity index (χ0n) is 16.1. The van der Waals surface area contributed by atoms with Crippen LogP contribution in [0.15, 0.2) is 93.7 Å². The van der Waals surface area contributed by atoms with Crippen molar-refractivity contribution < 1.29 is 9.21 Å². The Bertz CT molecular complexity index is 1160. The Labute approximate surface area is 178 Å². The summed E-state index contributed by atoms with van der Waals surface area (Å²) in [5, 5.41) is 4.73. The van der Waals surface area contributed by atoms with Crippen LogP contribution in [0.4, 0.5) is 0 Å². The van der Waals surface area contributed by atoms with Gasteiger partial charge in [0.05, 0.1) is 29.6 Å². The lowest BCUT2D eigenvalue weighted by Gasteiger charge is -2.09. The summed E-state index contributed by atoms with van der Waals surface area (Å²) in [6, 6.07) is 21.8. The number of thioether (sulfide) groups is 1. The molecule has 0 bridgehead atoms. The summed E-state index contributed by atoms with van der Waals surface area (Å²) in [4.78, 5) is 16.9. The van der Waals surface area contributed by atoms with Gasteiger partial charge >= 0.3 is 0 Å². The molecular formula is C23H20N4O2S. The molecule has 0 aliphatic heterocycles. The van der Waals surface area contributed by atoms with Gasteiger partial charge in [0, 0.05) is 6.21 Å². The van der Waals surface area contributed by atoms with E-state index in [0.29, 0.717) is 6.54 Å². The third kappa shape index (κ3) is 5.07. The van der Waals surface area contributed by atoms with E-state index in [9.17, 15) is 4.79 Å². The van der Waals surface area contributed by atoms with Gasteiger partial charge in [-0.15, -0.1) is 0 Å². The SMILES string of the molecule is O=C(CSc1nc2ccccc2n1Cc1ccccc1)N/N=C\C=C\c1ccco1. The molecule has 150 valence electrons. The Morgan fingerprint density at radius 2 is 1.93 bits per heavy atom. The number of benzene rings is 2. The van der Waals surface area contributed by atoms with Gasteiger partial charge in [0.15, 0.2) is 5.16 Å². The van der Waals surface area contributed by atoms with Gasteiger partial charge in [0.25, 0.3) is 5.91 Å². The number of fused-ring (bicyclic) bond motifs is 1. The maximum atomic E-state index is 12.2. The number of carbonyl (C=O) groups is 1. The monoisotopic (exact) mass is 416 g/mol. The molecule has 7 heteroatoms. The van der Waals surface area contributed by atoms with E-state index in [1.807, 2.05) is 48.5 Å². The van der Waals surface area contributed by atoms with Crippen LogP contribution in [0.25, 0.3) is 17.1 Å². The number of imidazole rings is 1. The van der Waals surface area contributed by atoms with Crippen molar-refractivity contribution in [1.29, 1.82) is 0 Å². The van der Waals surface area contributed by atoms with Crippen molar-refractivity contribution >= 4 is 41.0 Å². The molecule has 0 spiro atoms. The highest BCUT2D eigenvalue weighted by atomic mass is 32.2. The molecule has 30 heavy (non-hydrogen) atoms. The lowest BCUT2D eigenvalue weighted by Crippen LogP contribution is -2.19. The molecule has 1 N–H and O–H groups in total. The summed E-state index contributed by atoms with van der Waals surface area (Å²) in [5.74, 6) is 0.749. The molecule has 0 aliphatic rings. The largest absolute Gasteiger partial charge is 0.465 e. The van der Waals surface area contributed by atoms with Crippen molar-refractivity contribution in [1.82, 2.24) is 15.0 Å². The first-order valence-corrected chi connectivity index (χ1v) is 10.4. The maximum absolute atomic E-state index is 12.2. The molecular weight excluding hydrogens is 396 g/mol. The minimum atomic E-state index is -0.194. The van der Waals surface area contributed by atoms with E-state index in [2.05, 4.69) is 27.2 Å². The van der Waals surface area contributed by atoms with Crippen molar-refractivity contribution in [2.75, 3.05) is 5.75 Å². The second-order valence-corrected chi connectivity index (χ2v) is 7.37. The van der Waals surface area contributed by atoms with Crippen LogP contribution < -0.4 is 5.43 Å². The number of hydrogen-bond acceptors (Lipinski definition) is 5. The van der Waals surface area contributed by atoms with Crippen LogP contribution in [-0.2, 0) is 11.3 Å². The third-order valence-corrected chi connectivity index (χ3v) is 5.27. The fourth-order valence-corrected chi connectivity index (χ4v) is 3.73. The zero-order valence-corrected chi connectivity index (χ0v) is 17.0. The predicted molar refractivity (Wildman–Crippen MR) is 120 cm³/mol. The van der Waals surface area contributed by atoms with E-state index in [-0.39, 0.29) is 11.7 Å². The van der Waals surface area contributed by atoms with E-state index in [0.717, 1.165) is 22.0 Å². The smallest absolute Gasteiger partial charge is 0.250 e. The van der Waals surface area contributed by atoms with E-state index in [1.54, 1.807) is 24.5 Å². The molecule has 2 aromatic carbocycles. The first-order chi connectivity index (χ1) is 14.8. The summed E-state index contributed by atoms with van der Waals surface area (Å²) < 4.78 is 7.32. The van der Waals surface area contributed by atoms with Gasteiger partial charge in [0.2, 0.25) is 0 Å². The van der Waals surface area contributed by atoms with Gasteiger partial charge in [-0.1, -0.05) is 54.2 Å². The lowest BCUT2D eigenvalue weighted by molar-refractivity contribution is -0.118. The number of furan rings is 1. The number of carbonyl (C=O) groups excluding carboxylic acids is 1. The Morgan fingerprint density at radius 1 is 1.10 bits per heavy atom. The summed E-state index contributed by atoms with van der Waals surface area (Å²) >= 11 is 1.39. The molecule has 6 nitrogen and oxygen atoms in total. The highest BCUT2D eigenvalue weighted by molar-refractivity contribution is 7.99. The molecule has 1 amide bonds. The number of nitrogens with zero attached hydrogens (tertiary/aromatic N) is 3. The van der Waals surface area contributed by atoms with Gasteiger partial charge in [-0.2, -0.15) is 5.10 Å². The van der Waals surface area contributed by atoms with Crippen LogP contribution in [0.2, 0.25) is 0 Å². The lowest BCUT2D eigenvalue weighted by atomic mass is 10.2. The van der Waals surface area contributed by atoms with Gasteiger partial charge in [-0.05, 0) is 42.0 Å². The quantitative estimate of drug-likeness (QED) is 0.259. The molecule has 2 heterocycles. The van der Waals surface area contributed by atoms with Crippen molar-refractivity contribution in [3.8, 4) is 0 Å². The predicted octanol–water partition coefficient (Wildman–Crippen LogP) is 4.59. The Morgan fingerprint density at radius 3 is 2.77 bits per heavy atom. The molecule has 0 saturated heterocycles. The normalized spacial score (nSPS) is 11.6. The minimum absolute atomic E-state index is 0.194. The Kier molecular flexibility index (Phi) is 6.41. The zero-order chi connectivity index (χ0) is 20.6. The van der Waals surface area contributed by atoms with E-state index in [4.69, 9.17) is 9.40 Å². The second-order valence-electron chi connectivity index (χ2n) is 6.43. The van der Waals surface area contributed by atoms with Crippen LogP contribution in [0, 0.1) is 0 Å². The fourth-order valence-electron chi connectivity index (χ4n) is 2.92. The van der Waals surface area contributed by atoms with Crippen LogP contribution in [0.1, 0.15) is 11.3 Å². The second kappa shape index (κ2) is 9.76. The average Bonchev–Trinajstić information content (AvgIpc) is 3.41. The third-order valence-electron chi connectivity index (χ3n) is 4.29. The van der Waals surface area contributed by atoms with E-state index in [1.165, 1.54) is 23.5 Å². The van der Waals surface area contributed by atoms with E-state index < -0.39 is 0 Å². The number of hydrazone groups is 1. The van der Waals surface area contributed by atoms with Gasteiger partial charge < -0.3 is 8.98 Å². The summed E-state index contributed by atoms with van der Waals surface area (Å²) in [5.41, 5.74) is 5.67. The minimum Gasteiger partial charge on any atom is -0.465 e. The standard InChI is InChI=1S/C23H20N4O2S/c28-22(26-24-14-6-10-19-11-7-15-29-19)17-30-23-25-20-12-4-5-13-21(20)27(23)16-18-8-2-1-3-9-18/h1-15H,16-17H2,(H,26,28)/b10-6+,24-14-. The molecule has 4 rings (SSSR count). The van der Waals surface area contributed by atoms with Crippen LogP contribution in [0.3, 0.4) is 0 Å². The first-order valence-electron chi connectivity index (χ1n) is 9.44. The number of amides is 1. The van der Waals surface area contributed by atoms with Crippen molar-refractivity contribution in [2.24, 2.45) is 5.10 Å². The number of nitrogens with one attached hydrogen (secondary N) is 1. The summed E-state index contributed by atoms with van der Waals surface area (Å²) in [6.07, 6.45) is 6.57. The van der Waals surface area contributed by atoms with Gasteiger partial charge in [-0.25, -0.2) is 10.4 Å². The molecule has 4 aromatic rings. The van der Waals surface area contributed by atoms with Crippen molar-refractivity contribution in [2.45, 2.75) is 11.7 Å². The Hall–Kier alpha value is -3.58. The molecule has 0 atom stereocenters. The number of aromatic nitrogens is 2. The topological polar surface area (TPSA) is 72.4 Å². The van der Waals surface area contributed by atoms with Crippen LogP contribution in [-0.4, -0.2) is 27.4 Å². The molecule has 0 radical (unpaired) electrons. The van der Waals surface area contributed by atoms with Crippen molar-refractivity contribution in [3.05, 3.63) is 90.4 Å². The highest BCUT2D eigenvalue weighted by Gasteiger charge is 2.13. The maximum Gasteiger partial charge on any atom is 0.250 e. The Balaban J connectivity index is 1.39. The molecule has 0 aliphatic carbocycles. The number of allylic oxidation sites excluding steroid dienone is 1. The average molecular weight is 417 g/mol. The molecule has 0 unspecified atom stereocenters. The number of hydrogen-bond donors (Lipinski definition) is 1. The van der Waals surface area contributed by atoms with Crippen LogP contribution in [0.5, 0.6) is 0 Å². The van der Waals surface area contributed by atoms with Gasteiger partial charge in [-0.3, -0.25) is 4.79 Å². The number of rotatable bonds is 8. The van der Waals surface area contributed by atoms with Gasteiger partial charge in [0.1, 0.15) is 5.76 Å². The highest BCUT2D eigenvalue weighted by Crippen LogP contribution is 2.25. The summed E-state index contributed by atoms with van der Waals surface area (Å²) in [7, 11) is 0. The molecule has 0 fully saturated rings. The summed E-state index contributed by atoms with van der Waals surface area (Å²) in [6.45, 7) is 0.695. The fraction of sp³-hybridized carbons (Fsp3) is 0.0870. The van der Waals surface area contributed by atoms with Crippen LogP contribution >= 0.6 is 11.8 Å².